The summed E-state index contributed by atoms with van der Waals surface area (Å²) in [5.41, 5.74) is 6.17. The van der Waals surface area contributed by atoms with Crippen LogP contribution in [0.4, 0.5) is 0 Å². The van der Waals surface area contributed by atoms with E-state index in [0.717, 1.165) is 5.92 Å². The van der Waals surface area contributed by atoms with E-state index in [9.17, 15) is 0 Å². The monoisotopic (exact) mass is 204 g/mol. The van der Waals surface area contributed by atoms with E-state index in [0.29, 0.717) is 10.8 Å². The second-order valence-electron chi connectivity index (χ2n) is 6.11. The molecule has 15 heavy (non-hydrogen) atoms. The first kappa shape index (κ1) is 11.0. The van der Waals surface area contributed by atoms with Crippen LogP contribution < -0.4 is 0 Å². The van der Waals surface area contributed by atoms with Crippen molar-refractivity contribution < 1.29 is 0 Å². The van der Waals surface area contributed by atoms with Crippen LogP contribution in [0.5, 0.6) is 0 Å². The van der Waals surface area contributed by atoms with E-state index in [1.54, 1.807) is 5.57 Å². The van der Waals surface area contributed by atoms with Crippen LogP contribution in [0.2, 0.25) is 0 Å². The van der Waals surface area contributed by atoms with Crippen molar-refractivity contribution in [3.63, 3.8) is 0 Å². The molecule has 0 aromatic carbocycles. The van der Waals surface area contributed by atoms with Gasteiger partial charge in [0, 0.05) is 5.41 Å². The van der Waals surface area contributed by atoms with Crippen molar-refractivity contribution in [1.29, 1.82) is 0 Å². The third kappa shape index (κ3) is 1.42. The molecule has 0 aromatic heterocycles. The standard InChI is InChI=1S/C15H24/c1-5-6-7-8-13-11-12-9-10-15(13,4)14(12,2)3/h7,12H,5-6,9-11H2,1-4H3/t8?,12-,15+/m1/s1. The zero-order valence-electron chi connectivity index (χ0n) is 10.7. The molecule has 2 aliphatic rings. The number of hydrogen-bond donors (Lipinski definition) is 0. The number of unbranched alkanes of at least 4 members (excludes halogenated alkanes) is 1. The molecular weight excluding hydrogens is 180 g/mol. The van der Waals surface area contributed by atoms with Crippen molar-refractivity contribution in [3.05, 3.63) is 17.4 Å². The van der Waals surface area contributed by atoms with Gasteiger partial charge in [0.25, 0.3) is 0 Å². The highest BCUT2D eigenvalue weighted by atomic mass is 14.6. The van der Waals surface area contributed by atoms with Crippen molar-refractivity contribution in [2.75, 3.05) is 0 Å². The van der Waals surface area contributed by atoms with Crippen LogP contribution >= 0.6 is 0 Å². The van der Waals surface area contributed by atoms with Gasteiger partial charge in [0.2, 0.25) is 0 Å². The van der Waals surface area contributed by atoms with E-state index in [4.69, 9.17) is 0 Å². The zero-order chi connectivity index (χ0) is 11.1. The van der Waals surface area contributed by atoms with Crippen molar-refractivity contribution in [2.45, 2.75) is 59.8 Å². The summed E-state index contributed by atoms with van der Waals surface area (Å²) in [6.45, 7) is 9.61. The average molecular weight is 204 g/mol. The van der Waals surface area contributed by atoms with E-state index in [1.807, 2.05) is 0 Å². The van der Waals surface area contributed by atoms with Crippen molar-refractivity contribution >= 4 is 0 Å². The molecule has 0 amide bonds. The largest absolute Gasteiger partial charge is 0.125 e. The van der Waals surface area contributed by atoms with Gasteiger partial charge in [0.05, 0.1) is 0 Å². The maximum atomic E-state index is 3.60. The fourth-order valence-corrected chi connectivity index (χ4v) is 3.52. The van der Waals surface area contributed by atoms with Crippen molar-refractivity contribution in [1.82, 2.24) is 0 Å². The molecule has 0 aliphatic heterocycles. The Balaban J connectivity index is 2.30. The van der Waals surface area contributed by atoms with Crippen molar-refractivity contribution in [2.24, 2.45) is 16.7 Å². The summed E-state index contributed by atoms with van der Waals surface area (Å²) in [5, 5.41) is 0. The molecule has 0 heterocycles. The summed E-state index contributed by atoms with van der Waals surface area (Å²) in [5.74, 6) is 0.917. The summed E-state index contributed by atoms with van der Waals surface area (Å²) >= 11 is 0. The molecule has 0 saturated heterocycles. The Bertz CT molecular complexity index is 315. The van der Waals surface area contributed by atoms with Crippen LogP contribution in [-0.2, 0) is 0 Å². The highest BCUT2D eigenvalue weighted by molar-refractivity contribution is 5.28. The molecule has 2 fully saturated rings. The Morgan fingerprint density at radius 1 is 1.40 bits per heavy atom. The van der Waals surface area contributed by atoms with Gasteiger partial charge in [-0.2, -0.15) is 0 Å². The maximum absolute atomic E-state index is 3.60. The molecule has 0 heteroatoms. The summed E-state index contributed by atoms with van der Waals surface area (Å²) in [6.07, 6.45) is 8.81. The number of hydrogen-bond acceptors (Lipinski definition) is 0. The maximum Gasteiger partial charge on any atom is 0.00134 e. The summed E-state index contributed by atoms with van der Waals surface area (Å²) in [4.78, 5) is 0. The van der Waals surface area contributed by atoms with Gasteiger partial charge in [-0.15, -0.1) is 5.73 Å². The first-order valence-corrected chi connectivity index (χ1v) is 6.47. The summed E-state index contributed by atoms with van der Waals surface area (Å²) in [7, 11) is 0. The Hall–Kier alpha value is -0.480. The van der Waals surface area contributed by atoms with E-state index in [2.05, 4.69) is 39.5 Å². The van der Waals surface area contributed by atoms with Crippen LogP contribution in [0.25, 0.3) is 0 Å². The van der Waals surface area contributed by atoms with Crippen molar-refractivity contribution in [3.8, 4) is 0 Å². The van der Waals surface area contributed by atoms with Gasteiger partial charge in [-0.05, 0) is 48.7 Å². The van der Waals surface area contributed by atoms with E-state index in [1.165, 1.54) is 32.1 Å². The summed E-state index contributed by atoms with van der Waals surface area (Å²) in [6, 6.07) is 0. The molecule has 0 nitrogen and oxygen atoms in total. The van der Waals surface area contributed by atoms with Gasteiger partial charge in [0.15, 0.2) is 0 Å². The Morgan fingerprint density at radius 2 is 2.13 bits per heavy atom. The summed E-state index contributed by atoms with van der Waals surface area (Å²) < 4.78 is 0. The fraction of sp³-hybridized carbons (Fsp3) is 0.800. The molecule has 0 unspecified atom stereocenters. The van der Waals surface area contributed by atoms with Crippen LogP contribution in [0, 0.1) is 16.7 Å². The SMILES string of the molecule is CCCC=C=C1C[C@H]2CC[C@]1(C)C2(C)C. The highest BCUT2D eigenvalue weighted by Crippen LogP contribution is 2.67. The lowest BCUT2D eigenvalue weighted by atomic mass is 9.69. The predicted molar refractivity (Wildman–Crippen MR) is 65.7 cm³/mol. The fourth-order valence-electron chi connectivity index (χ4n) is 3.52. The normalized spacial score (nSPS) is 36.8. The number of rotatable bonds is 2. The number of allylic oxidation sites excluding steroid dienone is 1. The molecule has 0 spiro atoms. The van der Waals surface area contributed by atoms with Crippen LogP contribution in [0.3, 0.4) is 0 Å². The van der Waals surface area contributed by atoms with Gasteiger partial charge in [-0.3, -0.25) is 0 Å². The molecule has 2 aliphatic carbocycles. The Kier molecular flexibility index (Phi) is 2.59. The molecular formula is C15H24. The molecule has 0 N–H and O–H groups in total. The second kappa shape index (κ2) is 3.52. The average Bonchev–Trinajstić information content (AvgIpc) is 2.51. The van der Waals surface area contributed by atoms with Crippen LogP contribution in [-0.4, -0.2) is 0 Å². The lowest BCUT2D eigenvalue weighted by molar-refractivity contribution is 0.179. The topological polar surface area (TPSA) is 0 Å². The Morgan fingerprint density at radius 3 is 2.60 bits per heavy atom. The van der Waals surface area contributed by atoms with E-state index >= 15 is 0 Å². The van der Waals surface area contributed by atoms with Crippen LogP contribution in [0.1, 0.15) is 59.8 Å². The molecule has 2 saturated carbocycles. The van der Waals surface area contributed by atoms with Gasteiger partial charge in [-0.25, -0.2) is 0 Å². The molecule has 84 valence electrons. The molecule has 2 bridgehead atoms. The third-order valence-corrected chi connectivity index (χ3v) is 5.26. The van der Waals surface area contributed by atoms with Gasteiger partial charge in [-0.1, -0.05) is 34.1 Å². The van der Waals surface area contributed by atoms with Gasteiger partial charge >= 0.3 is 0 Å². The molecule has 2 atom stereocenters. The zero-order valence-corrected chi connectivity index (χ0v) is 10.7. The first-order chi connectivity index (χ1) is 7.02. The van der Waals surface area contributed by atoms with E-state index < -0.39 is 0 Å². The third-order valence-electron chi connectivity index (χ3n) is 5.26. The minimum absolute atomic E-state index is 0.446. The Labute approximate surface area is 94.5 Å². The minimum atomic E-state index is 0.446. The molecule has 0 aromatic rings. The highest BCUT2D eigenvalue weighted by Gasteiger charge is 2.58. The number of fused-ring (bicyclic) bond motifs is 2. The first-order valence-electron chi connectivity index (χ1n) is 6.47. The van der Waals surface area contributed by atoms with Crippen LogP contribution in [0.15, 0.2) is 17.4 Å². The lowest BCUT2D eigenvalue weighted by Crippen LogP contribution is -2.27. The predicted octanol–water partition coefficient (Wildman–Crippen LogP) is 4.71. The van der Waals surface area contributed by atoms with Gasteiger partial charge in [0.1, 0.15) is 0 Å². The smallest absolute Gasteiger partial charge is 0.00134 e. The minimum Gasteiger partial charge on any atom is -0.125 e. The van der Waals surface area contributed by atoms with Gasteiger partial charge < -0.3 is 0 Å². The second-order valence-corrected chi connectivity index (χ2v) is 6.11. The molecule has 0 radical (unpaired) electrons. The molecule has 2 rings (SSSR count). The quantitative estimate of drug-likeness (QED) is 0.571. The van der Waals surface area contributed by atoms with E-state index in [-0.39, 0.29) is 0 Å². The lowest BCUT2D eigenvalue weighted by Gasteiger charge is -2.34.